The van der Waals surface area contributed by atoms with Crippen LogP contribution in [-0.2, 0) is 6.54 Å². The van der Waals surface area contributed by atoms with Gasteiger partial charge in [-0.15, -0.1) is 11.3 Å². The van der Waals surface area contributed by atoms with E-state index < -0.39 is 0 Å². The topological polar surface area (TPSA) is 34.6 Å². The van der Waals surface area contributed by atoms with Gasteiger partial charge in [0.15, 0.2) is 0 Å². The summed E-state index contributed by atoms with van der Waals surface area (Å²) in [6.07, 6.45) is 8.14. The van der Waals surface area contributed by atoms with Crippen molar-refractivity contribution in [3.8, 4) is 22.1 Å². The largest absolute Gasteiger partial charge is 0.497 e. The fraction of sp³-hybridized carbons (Fsp3) is 0.550. The molecule has 1 saturated carbocycles. The van der Waals surface area contributed by atoms with Crippen molar-refractivity contribution in [3.63, 3.8) is 0 Å². The molecule has 1 aliphatic carbocycles. The van der Waals surface area contributed by atoms with Crippen molar-refractivity contribution in [1.29, 1.82) is 0 Å². The number of methoxy groups -OCH3 is 2. The highest BCUT2D eigenvalue weighted by molar-refractivity contribution is 7.13. The Morgan fingerprint density at radius 2 is 1.88 bits per heavy atom. The second-order valence-electron chi connectivity index (χ2n) is 6.77. The van der Waals surface area contributed by atoms with Crippen LogP contribution in [0.3, 0.4) is 0 Å². The van der Waals surface area contributed by atoms with Crippen molar-refractivity contribution in [2.24, 2.45) is 0 Å². The highest BCUT2D eigenvalue weighted by atomic mass is 32.1. The number of rotatable bonds is 6. The molecule has 0 radical (unpaired) electrons. The van der Waals surface area contributed by atoms with Crippen LogP contribution < -0.4 is 9.47 Å². The summed E-state index contributed by atoms with van der Waals surface area (Å²) in [4.78, 5) is 7.34. The molecule has 4 nitrogen and oxygen atoms in total. The first-order valence-electron chi connectivity index (χ1n) is 9.08. The zero-order chi connectivity index (χ0) is 17.6. The van der Waals surface area contributed by atoms with Crippen LogP contribution in [0.25, 0.3) is 10.6 Å². The third-order valence-electron chi connectivity index (χ3n) is 5.05. The number of thiazole rings is 1. The summed E-state index contributed by atoms with van der Waals surface area (Å²) in [6.45, 7) is 0.916. The molecule has 1 aliphatic rings. The van der Waals surface area contributed by atoms with Gasteiger partial charge in [-0.1, -0.05) is 25.7 Å². The van der Waals surface area contributed by atoms with E-state index in [4.69, 9.17) is 14.5 Å². The maximum atomic E-state index is 5.52. The second-order valence-corrected chi connectivity index (χ2v) is 7.63. The minimum absolute atomic E-state index is 0.697. The molecule has 0 saturated heterocycles. The first kappa shape index (κ1) is 18.2. The predicted octanol–water partition coefficient (Wildman–Crippen LogP) is 4.98. The SMILES string of the molecule is COc1ccc(-c2nc(CN(C)C3CCCCCC3)cs2)c(OC)c1. The van der Waals surface area contributed by atoms with Crippen LogP contribution in [0.15, 0.2) is 23.6 Å². The first-order valence-corrected chi connectivity index (χ1v) is 9.96. The highest BCUT2D eigenvalue weighted by Gasteiger charge is 2.18. The predicted molar refractivity (Wildman–Crippen MR) is 104 cm³/mol. The van der Waals surface area contributed by atoms with Crippen LogP contribution in [0.4, 0.5) is 0 Å². The molecule has 25 heavy (non-hydrogen) atoms. The number of benzene rings is 1. The van der Waals surface area contributed by atoms with E-state index in [-0.39, 0.29) is 0 Å². The minimum atomic E-state index is 0.697. The Bertz CT molecular complexity index is 678. The summed E-state index contributed by atoms with van der Waals surface area (Å²) in [5, 5.41) is 3.18. The van der Waals surface area contributed by atoms with E-state index in [1.807, 2.05) is 18.2 Å². The van der Waals surface area contributed by atoms with Crippen LogP contribution in [0.2, 0.25) is 0 Å². The molecule has 0 atom stereocenters. The average Bonchev–Trinajstić information content (AvgIpc) is 2.92. The Labute approximate surface area is 154 Å². The molecule has 1 fully saturated rings. The Balaban J connectivity index is 1.72. The maximum absolute atomic E-state index is 5.52. The van der Waals surface area contributed by atoms with E-state index in [1.54, 1.807) is 25.6 Å². The third kappa shape index (κ3) is 4.53. The van der Waals surface area contributed by atoms with Crippen LogP contribution in [-0.4, -0.2) is 37.2 Å². The van der Waals surface area contributed by atoms with Crippen molar-refractivity contribution in [3.05, 3.63) is 29.3 Å². The first-order chi connectivity index (χ1) is 12.2. The van der Waals surface area contributed by atoms with Gasteiger partial charge in [0.2, 0.25) is 0 Å². The van der Waals surface area contributed by atoms with Gasteiger partial charge in [0, 0.05) is 24.0 Å². The summed E-state index contributed by atoms with van der Waals surface area (Å²) in [5.74, 6) is 1.60. The lowest BCUT2D eigenvalue weighted by molar-refractivity contribution is 0.211. The van der Waals surface area contributed by atoms with Gasteiger partial charge in [-0.25, -0.2) is 4.98 Å². The number of ether oxygens (including phenoxy) is 2. The van der Waals surface area contributed by atoms with Crippen molar-refractivity contribution in [2.45, 2.75) is 51.1 Å². The lowest BCUT2D eigenvalue weighted by atomic mass is 10.1. The van der Waals surface area contributed by atoms with Gasteiger partial charge in [-0.05, 0) is 32.0 Å². The van der Waals surface area contributed by atoms with Crippen molar-refractivity contribution in [1.82, 2.24) is 9.88 Å². The zero-order valence-electron chi connectivity index (χ0n) is 15.5. The summed E-state index contributed by atoms with van der Waals surface area (Å²) in [7, 11) is 5.59. The molecule has 0 spiro atoms. The van der Waals surface area contributed by atoms with Crippen molar-refractivity contribution >= 4 is 11.3 Å². The molecule has 0 unspecified atom stereocenters. The molecular formula is C20H28N2O2S. The molecule has 5 heteroatoms. The third-order valence-corrected chi connectivity index (χ3v) is 5.97. The van der Waals surface area contributed by atoms with E-state index in [0.717, 1.165) is 34.3 Å². The van der Waals surface area contributed by atoms with Crippen LogP contribution in [0.1, 0.15) is 44.2 Å². The van der Waals surface area contributed by atoms with E-state index in [9.17, 15) is 0 Å². The van der Waals surface area contributed by atoms with E-state index in [2.05, 4.69) is 17.3 Å². The van der Waals surface area contributed by atoms with Crippen LogP contribution in [0.5, 0.6) is 11.5 Å². The van der Waals surface area contributed by atoms with E-state index >= 15 is 0 Å². The van der Waals surface area contributed by atoms with Crippen molar-refractivity contribution in [2.75, 3.05) is 21.3 Å². The summed E-state index contributed by atoms with van der Waals surface area (Å²) < 4.78 is 10.8. The molecular weight excluding hydrogens is 332 g/mol. The second kappa shape index (κ2) is 8.68. The maximum Gasteiger partial charge on any atom is 0.132 e. The fourth-order valence-electron chi connectivity index (χ4n) is 3.56. The highest BCUT2D eigenvalue weighted by Crippen LogP contribution is 2.35. The fourth-order valence-corrected chi connectivity index (χ4v) is 4.40. The van der Waals surface area contributed by atoms with Gasteiger partial charge in [0.05, 0.1) is 25.5 Å². The molecule has 0 aliphatic heterocycles. The molecule has 2 aromatic rings. The number of hydrogen-bond donors (Lipinski definition) is 0. The number of aromatic nitrogens is 1. The smallest absolute Gasteiger partial charge is 0.132 e. The van der Waals surface area contributed by atoms with Crippen LogP contribution >= 0.6 is 11.3 Å². The van der Waals surface area contributed by atoms with E-state index in [1.165, 1.54) is 38.5 Å². The Morgan fingerprint density at radius 1 is 1.12 bits per heavy atom. The van der Waals surface area contributed by atoms with E-state index in [0.29, 0.717) is 6.04 Å². The molecule has 0 N–H and O–H groups in total. The lowest BCUT2D eigenvalue weighted by Crippen LogP contribution is -2.30. The molecule has 1 heterocycles. The summed E-state index contributed by atoms with van der Waals surface area (Å²) in [5.41, 5.74) is 2.17. The minimum Gasteiger partial charge on any atom is -0.497 e. The molecule has 3 rings (SSSR count). The van der Waals surface area contributed by atoms with Gasteiger partial charge in [-0.2, -0.15) is 0 Å². The molecule has 1 aromatic carbocycles. The summed E-state index contributed by atoms with van der Waals surface area (Å²) in [6, 6.07) is 6.59. The molecule has 136 valence electrons. The van der Waals surface area contributed by atoms with Gasteiger partial charge >= 0.3 is 0 Å². The summed E-state index contributed by atoms with van der Waals surface area (Å²) >= 11 is 1.68. The Hall–Kier alpha value is -1.59. The lowest BCUT2D eigenvalue weighted by Gasteiger charge is -2.26. The van der Waals surface area contributed by atoms with Gasteiger partial charge in [0.1, 0.15) is 16.5 Å². The molecule has 0 bridgehead atoms. The zero-order valence-corrected chi connectivity index (χ0v) is 16.3. The van der Waals surface area contributed by atoms with Crippen molar-refractivity contribution < 1.29 is 9.47 Å². The number of nitrogens with zero attached hydrogens (tertiary/aromatic N) is 2. The van der Waals surface area contributed by atoms with Gasteiger partial charge in [0.25, 0.3) is 0 Å². The van der Waals surface area contributed by atoms with Crippen LogP contribution in [0, 0.1) is 0 Å². The quantitative estimate of drug-likeness (QED) is 0.680. The Kier molecular flexibility index (Phi) is 6.32. The monoisotopic (exact) mass is 360 g/mol. The van der Waals surface area contributed by atoms with Gasteiger partial charge < -0.3 is 9.47 Å². The number of hydrogen-bond acceptors (Lipinski definition) is 5. The van der Waals surface area contributed by atoms with Gasteiger partial charge in [-0.3, -0.25) is 4.90 Å². The standard InChI is InChI=1S/C20H28N2O2S/c1-22(16-8-6-4-5-7-9-16)13-15-14-25-20(21-15)18-11-10-17(23-2)12-19(18)24-3/h10-12,14,16H,4-9,13H2,1-3H3. The molecule has 0 amide bonds. The average molecular weight is 361 g/mol. The normalized spacial score (nSPS) is 16.0. The molecule has 1 aromatic heterocycles. The Morgan fingerprint density at radius 3 is 2.56 bits per heavy atom.